The van der Waals surface area contributed by atoms with Crippen molar-refractivity contribution in [1.29, 1.82) is 0 Å². The van der Waals surface area contributed by atoms with Crippen LogP contribution in [0.2, 0.25) is 0 Å². The minimum atomic E-state index is -0.368. The van der Waals surface area contributed by atoms with Crippen LogP contribution >= 0.6 is 12.4 Å². The lowest BCUT2D eigenvalue weighted by Crippen LogP contribution is -2.40. The molecule has 8 heteroatoms. The molecule has 1 rings (SSSR count). The molecule has 1 atom stereocenters. The summed E-state index contributed by atoms with van der Waals surface area (Å²) in [5.74, 6) is 0.662. The molecule has 0 bridgehead atoms. The maximum absolute atomic E-state index is 11.8. The fourth-order valence-electron chi connectivity index (χ4n) is 1.96. The number of nitrogens with one attached hydrogen (secondary N) is 2. The smallest absolute Gasteiger partial charge is 0.239 e. The largest absolute Gasteiger partial charge is 0.490 e. The van der Waals surface area contributed by atoms with Crippen LogP contribution in [0.25, 0.3) is 0 Å². The highest BCUT2D eigenvalue weighted by molar-refractivity contribution is 5.85. The van der Waals surface area contributed by atoms with Gasteiger partial charge in [-0.25, -0.2) is 0 Å². The average molecular weight is 360 g/mol. The van der Waals surface area contributed by atoms with Gasteiger partial charge in [-0.1, -0.05) is 6.07 Å². The Balaban J connectivity index is 0.00000529. The van der Waals surface area contributed by atoms with Crippen molar-refractivity contribution in [3.05, 3.63) is 23.8 Å². The zero-order valence-corrected chi connectivity index (χ0v) is 15.1. The Morgan fingerprint density at radius 2 is 1.75 bits per heavy atom. The van der Waals surface area contributed by atoms with Crippen molar-refractivity contribution in [2.75, 3.05) is 26.3 Å². The molecular formula is C16H26ClN3O4. The lowest BCUT2D eigenvalue weighted by atomic mass is 10.1. The van der Waals surface area contributed by atoms with Crippen LogP contribution in [0.1, 0.15) is 32.4 Å². The number of hydrogen-bond acceptors (Lipinski definition) is 5. The molecule has 0 aliphatic rings. The van der Waals surface area contributed by atoms with Crippen molar-refractivity contribution >= 4 is 24.2 Å². The summed E-state index contributed by atoms with van der Waals surface area (Å²) in [6.45, 7) is 6.49. The quantitative estimate of drug-likeness (QED) is 0.614. The summed E-state index contributed by atoms with van der Waals surface area (Å²) >= 11 is 0. The van der Waals surface area contributed by atoms with Crippen molar-refractivity contribution < 1.29 is 19.1 Å². The van der Waals surface area contributed by atoms with Crippen molar-refractivity contribution in [2.45, 2.75) is 26.8 Å². The monoisotopic (exact) mass is 359 g/mol. The van der Waals surface area contributed by atoms with E-state index in [-0.39, 0.29) is 43.4 Å². The number of hydrogen-bond donors (Lipinski definition) is 3. The van der Waals surface area contributed by atoms with Crippen LogP contribution in [0.5, 0.6) is 11.5 Å². The molecule has 0 saturated carbocycles. The van der Waals surface area contributed by atoms with Gasteiger partial charge in [-0.3, -0.25) is 9.59 Å². The van der Waals surface area contributed by atoms with E-state index in [2.05, 4.69) is 10.6 Å². The Morgan fingerprint density at radius 1 is 1.12 bits per heavy atom. The topological polar surface area (TPSA) is 103 Å². The van der Waals surface area contributed by atoms with Crippen LogP contribution < -0.4 is 25.8 Å². The van der Waals surface area contributed by atoms with Gasteiger partial charge in [0, 0.05) is 0 Å². The van der Waals surface area contributed by atoms with Crippen LogP contribution in [0.3, 0.4) is 0 Å². The molecule has 1 unspecified atom stereocenters. The van der Waals surface area contributed by atoms with Gasteiger partial charge in [0.05, 0.1) is 32.3 Å². The Hall–Kier alpha value is -1.99. The molecule has 2 amide bonds. The standard InChI is InChI=1S/C16H25N3O4.ClH/c1-4-22-13-7-6-12(8-14(13)23-5-2)11(3)19-16(21)10-18-15(20)9-17;/h6-8,11H,4-5,9-10,17H2,1-3H3,(H,18,20)(H,19,21);1H. The van der Waals surface area contributed by atoms with E-state index in [9.17, 15) is 9.59 Å². The minimum Gasteiger partial charge on any atom is -0.490 e. The van der Waals surface area contributed by atoms with Gasteiger partial charge in [-0.15, -0.1) is 12.4 Å². The highest BCUT2D eigenvalue weighted by Crippen LogP contribution is 2.30. The first kappa shape index (κ1) is 22.0. The van der Waals surface area contributed by atoms with E-state index in [1.165, 1.54) is 0 Å². The van der Waals surface area contributed by atoms with Gasteiger partial charge < -0.3 is 25.8 Å². The summed E-state index contributed by atoms with van der Waals surface area (Å²) in [5, 5.41) is 5.23. The fraction of sp³-hybridized carbons (Fsp3) is 0.500. The molecular weight excluding hydrogens is 334 g/mol. The van der Waals surface area contributed by atoms with E-state index >= 15 is 0 Å². The van der Waals surface area contributed by atoms with Gasteiger partial charge in [-0.2, -0.15) is 0 Å². The molecule has 1 aromatic carbocycles. The second kappa shape index (κ2) is 11.5. The van der Waals surface area contributed by atoms with E-state index < -0.39 is 0 Å². The Kier molecular flexibility index (Phi) is 10.6. The predicted molar refractivity (Wildman–Crippen MR) is 94.6 cm³/mol. The maximum atomic E-state index is 11.8. The third-order valence-electron chi connectivity index (χ3n) is 3.08. The minimum absolute atomic E-state index is 0. The normalized spacial score (nSPS) is 11.0. The predicted octanol–water partition coefficient (Wildman–Crippen LogP) is 1.16. The molecule has 0 heterocycles. The summed E-state index contributed by atoms with van der Waals surface area (Å²) in [7, 11) is 0. The highest BCUT2D eigenvalue weighted by Gasteiger charge is 2.13. The van der Waals surface area contributed by atoms with E-state index in [1.54, 1.807) is 0 Å². The third kappa shape index (κ3) is 7.06. The number of nitrogens with two attached hydrogens (primary N) is 1. The first-order valence-electron chi connectivity index (χ1n) is 7.67. The maximum Gasteiger partial charge on any atom is 0.239 e. The summed E-state index contributed by atoms with van der Waals surface area (Å²) in [5.41, 5.74) is 6.05. The summed E-state index contributed by atoms with van der Waals surface area (Å²) in [4.78, 5) is 22.8. The number of carbonyl (C=O) groups is 2. The summed E-state index contributed by atoms with van der Waals surface area (Å²) in [6.07, 6.45) is 0. The summed E-state index contributed by atoms with van der Waals surface area (Å²) < 4.78 is 11.1. The van der Waals surface area contributed by atoms with E-state index in [0.29, 0.717) is 24.7 Å². The zero-order chi connectivity index (χ0) is 17.2. The third-order valence-corrected chi connectivity index (χ3v) is 3.08. The molecule has 0 aromatic heterocycles. The number of amides is 2. The molecule has 136 valence electrons. The Bertz CT molecular complexity index is 540. The first-order chi connectivity index (χ1) is 11.0. The fourth-order valence-corrected chi connectivity index (χ4v) is 1.96. The molecule has 24 heavy (non-hydrogen) atoms. The highest BCUT2D eigenvalue weighted by atomic mass is 35.5. The van der Waals surface area contributed by atoms with Gasteiger partial charge in [0.2, 0.25) is 11.8 Å². The van der Waals surface area contributed by atoms with Gasteiger partial charge >= 0.3 is 0 Å². The molecule has 0 radical (unpaired) electrons. The van der Waals surface area contributed by atoms with Gasteiger partial charge in [0.25, 0.3) is 0 Å². The molecule has 0 aliphatic carbocycles. The molecule has 0 fully saturated rings. The van der Waals surface area contributed by atoms with Crippen molar-refractivity contribution in [1.82, 2.24) is 10.6 Å². The zero-order valence-electron chi connectivity index (χ0n) is 14.3. The molecule has 1 aromatic rings. The summed E-state index contributed by atoms with van der Waals surface area (Å²) in [6, 6.07) is 5.31. The van der Waals surface area contributed by atoms with Crippen molar-refractivity contribution in [3.63, 3.8) is 0 Å². The van der Waals surface area contributed by atoms with Crippen LogP contribution in [-0.2, 0) is 9.59 Å². The van der Waals surface area contributed by atoms with Crippen molar-refractivity contribution in [3.8, 4) is 11.5 Å². The molecule has 0 spiro atoms. The van der Waals surface area contributed by atoms with Crippen molar-refractivity contribution in [2.24, 2.45) is 5.73 Å². The van der Waals surface area contributed by atoms with E-state index in [4.69, 9.17) is 15.2 Å². The van der Waals surface area contributed by atoms with Crippen LogP contribution in [0.4, 0.5) is 0 Å². The van der Waals surface area contributed by atoms with Gasteiger partial charge in [-0.05, 0) is 38.5 Å². The van der Waals surface area contributed by atoms with Crippen LogP contribution in [0.15, 0.2) is 18.2 Å². The van der Waals surface area contributed by atoms with Gasteiger partial charge in [0.15, 0.2) is 11.5 Å². The lowest BCUT2D eigenvalue weighted by molar-refractivity contribution is -0.125. The average Bonchev–Trinajstić information content (AvgIpc) is 2.54. The second-order valence-corrected chi connectivity index (χ2v) is 4.84. The number of halogens is 1. The number of benzene rings is 1. The number of carbonyl (C=O) groups excluding carboxylic acids is 2. The SMILES string of the molecule is CCOc1ccc(C(C)NC(=O)CNC(=O)CN)cc1OCC.Cl. The Labute approximate surface area is 148 Å². The Morgan fingerprint density at radius 3 is 2.33 bits per heavy atom. The second-order valence-electron chi connectivity index (χ2n) is 4.84. The lowest BCUT2D eigenvalue weighted by Gasteiger charge is -2.17. The van der Waals surface area contributed by atoms with E-state index in [1.807, 2.05) is 39.0 Å². The molecule has 7 nitrogen and oxygen atoms in total. The molecule has 4 N–H and O–H groups in total. The number of rotatable bonds is 9. The molecule has 0 aliphatic heterocycles. The van der Waals surface area contributed by atoms with E-state index in [0.717, 1.165) is 5.56 Å². The number of ether oxygens (including phenoxy) is 2. The first-order valence-corrected chi connectivity index (χ1v) is 7.67. The molecule has 0 saturated heterocycles. The van der Waals surface area contributed by atoms with Crippen LogP contribution in [0, 0.1) is 0 Å². The van der Waals surface area contributed by atoms with Crippen LogP contribution in [-0.4, -0.2) is 38.1 Å². The van der Waals surface area contributed by atoms with Gasteiger partial charge in [0.1, 0.15) is 0 Å².